The topological polar surface area (TPSA) is 98.7 Å². The molecule has 1 amide bonds. The molecule has 10 heteroatoms. The number of nitrogens with zero attached hydrogens (tertiary/aromatic N) is 3. The number of ether oxygens (including phenoxy) is 1. The summed E-state index contributed by atoms with van der Waals surface area (Å²) in [6, 6.07) is 28.1. The Balaban J connectivity index is 1.25. The van der Waals surface area contributed by atoms with Crippen LogP contribution < -0.4 is 15.6 Å². The smallest absolute Gasteiger partial charge is 0.282 e. The molecule has 0 saturated heterocycles. The third-order valence-electron chi connectivity index (χ3n) is 6.16. The van der Waals surface area contributed by atoms with Crippen molar-refractivity contribution in [1.29, 1.82) is 0 Å². The summed E-state index contributed by atoms with van der Waals surface area (Å²) >= 11 is 12.3. The van der Waals surface area contributed by atoms with Gasteiger partial charge in [-0.2, -0.15) is 9.78 Å². The number of carbonyl (C=O) groups is 1. The summed E-state index contributed by atoms with van der Waals surface area (Å²) in [6.45, 7) is -0.241. The van der Waals surface area contributed by atoms with E-state index in [1.165, 1.54) is 10.9 Å². The van der Waals surface area contributed by atoms with Gasteiger partial charge >= 0.3 is 0 Å². The van der Waals surface area contributed by atoms with Crippen molar-refractivity contribution in [2.75, 3.05) is 11.9 Å². The van der Waals surface area contributed by atoms with E-state index in [9.17, 15) is 9.59 Å². The van der Waals surface area contributed by atoms with Gasteiger partial charge in [0.15, 0.2) is 12.4 Å². The molecule has 0 aliphatic carbocycles. The Kier molecular flexibility index (Phi) is 7.24. The van der Waals surface area contributed by atoms with E-state index >= 15 is 0 Å². The highest BCUT2D eigenvalue weighted by Gasteiger charge is 2.16. The standard InChI is InChI=1S/C31H20Cl2N4O4/c32-21-10-12-22(13-11-21)35-29(38)18-40-27-14-9-19(15-24(27)33)17-34-37-30(28-16-20-5-1-4-8-26(20)41-28)36-25-7-3-2-6-23(25)31(37)39/h1-17H,18H2,(H,35,38). The van der Waals surface area contributed by atoms with Crippen molar-refractivity contribution in [1.82, 2.24) is 9.66 Å². The second-order valence-electron chi connectivity index (χ2n) is 9.00. The first-order valence-corrected chi connectivity index (χ1v) is 13.2. The Morgan fingerprint density at radius 2 is 1.76 bits per heavy atom. The van der Waals surface area contributed by atoms with Gasteiger partial charge in [0.1, 0.15) is 11.3 Å². The zero-order chi connectivity index (χ0) is 28.3. The van der Waals surface area contributed by atoms with E-state index in [2.05, 4.69) is 15.4 Å². The highest BCUT2D eigenvalue weighted by atomic mass is 35.5. The van der Waals surface area contributed by atoms with Crippen LogP contribution in [0.5, 0.6) is 5.75 Å². The Hall–Kier alpha value is -4.92. The molecule has 2 aromatic heterocycles. The Bertz CT molecular complexity index is 1970. The maximum Gasteiger partial charge on any atom is 0.282 e. The molecule has 0 aliphatic rings. The monoisotopic (exact) mass is 582 g/mol. The lowest BCUT2D eigenvalue weighted by atomic mass is 10.2. The number of furan rings is 1. The molecule has 202 valence electrons. The second-order valence-corrected chi connectivity index (χ2v) is 9.84. The molecule has 0 atom stereocenters. The zero-order valence-corrected chi connectivity index (χ0v) is 22.8. The van der Waals surface area contributed by atoms with Crippen LogP contribution in [-0.4, -0.2) is 28.4 Å². The molecule has 0 radical (unpaired) electrons. The number of aromatic nitrogens is 2. The summed E-state index contributed by atoms with van der Waals surface area (Å²) in [5, 5.41) is 9.32. The molecule has 0 bridgehead atoms. The van der Waals surface area contributed by atoms with Crippen LogP contribution in [0.1, 0.15) is 5.56 Å². The van der Waals surface area contributed by atoms with Gasteiger partial charge in [0, 0.05) is 16.1 Å². The van der Waals surface area contributed by atoms with Gasteiger partial charge < -0.3 is 14.5 Å². The first-order valence-electron chi connectivity index (χ1n) is 12.5. The summed E-state index contributed by atoms with van der Waals surface area (Å²) in [7, 11) is 0. The average molecular weight is 583 g/mol. The minimum Gasteiger partial charge on any atom is -0.482 e. The average Bonchev–Trinajstić information content (AvgIpc) is 3.42. The number of halogens is 2. The van der Waals surface area contributed by atoms with Crippen LogP contribution in [-0.2, 0) is 4.79 Å². The molecule has 6 rings (SSSR count). The van der Waals surface area contributed by atoms with Crippen molar-refractivity contribution in [2.24, 2.45) is 5.10 Å². The number of nitrogens with one attached hydrogen (secondary N) is 1. The molecule has 41 heavy (non-hydrogen) atoms. The normalized spacial score (nSPS) is 11.4. The minimum atomic E-state index is -0.352. The van der Waals surface area contributed by atoms with E-state index in [1.54, 1.807) is 60.7 Å². The molecular weight excluding hydrogens is 563 g/mol. The number of benzene rings is 4. The number of amides is 1. The number of anilines is 1. The molecule has 0 fully saturated rings. The van der Waals surface area contributed by atoms with Gasteiger partial charge in [-0.05, 0) is 72.3 Å². The minimum absolute atomic E-state index is 0.241. The summed E-state index contributed by atoms with van der Waals surface area (Å²) in [6.07, 6.45) is 1.49. The van der Waals surface area contributed by atoms with Crippen LogP contribution in [0, 0.1) is 0 Å². The van der Waals surface area contributed by atoms with Crippen LogP contribution in [0.2, 0.25) is 10.0 Å². The number of hydrogen-bond donors (Lipinski definition) is 1. The Morgan fingerprint density at radius 3 is 2.56 bits per heavy atom. The quantitative estimate of drug-likeness (QED) is 0.204. The van der Waals surface area contributed by atoms with Crippen molar-refractivity contribution in [2.45, 2.75) is 0 Å². The summed E-state index contributed by atoms with van der Waals surface area (Å²) in [5.74, 6) is 0.640. The van der Waals surface area contributed by atoms with Gasteiger partial charge in [-0.1, -0.05) is 53.5 Å². The molecule has 0 unspecified atom stereocenters. The van der Waals surface area contributed by atoms with Crippen molar-refractivity contribution >= 4 is 62.9 Å². The molecule has 0 saturated carbocycles. The molecule has 2 heterocycles. The van der Waals surface area contributed by atoms with Crippen molar-refractivity contribution in [3.05, 3.63) is 123 Å². The number of carbonyl (C=O) groups excluding carboxylic acids is 1. The SMILES string of the molecule is O=C(COc1ccc(C=Nn2c(-c3cc4ccccc4o3)nc3ccccc3c2=O)cc1Cl)Nc1ccc(Cl)cc1. The molecule has 8 nitrogen and oxygen atoms in total. The van der Waals surface area contributed by atoms with Crippen LogP contribution >= 0.6 is 23.2 Å². The fourth-order valence-corrected chi connectivity index (χ4v) is 4.56. The van der Waals surface area contributed by atoms with Crippen molar-refractivity contribution in [3.63, 3.8) is 0 Å². The summed E-state index contributed by atoms with van der Waals surface area (Å²) in [4.78, 5) is 30.4. The highest BCUT2D eigenvalue weighted by molar-refractivity contribution is 6.32. The number of para-hydroxylation sites is 2. The fraction of sp³-hybridized carbons (Fsp3) is 0.0323. The molecule has 0 aliphatic heterocycles. The molecule has 0 spiro atoms. The lowest BCUT2D eigenvalue weighted by Gasteiger charge is -2.10. The lowest BCUT2D eigenvalue weighted by Crippen LogP contribution is -2.20. The summed E-state index contributed by atoms with van der Waals surface area (Å²) in [5.41, 5.74) is 2.05. The van der Waals surface area contributed by atoms with Crippen molar-refractivity contribution < 1.29 is 13.9 Å². The van der Waals surface area contributed by atoms with Gasteiger partial charge in [0.25, 0.3) is 11.5 Å². The van der Waals surface area contributed by atoms with Crippen LogP contribution in [0.15, 0.2) is 111 Å². The largest absolute Gasteiger partial charge is 0.482 e. The van der Waals surface area contributed by atoms with Crippen LogP contribution in [0.3, 0.4) is 0 Å². The number of fused-ring (bicyclic) bond motifs is 2. The zero-order valence-electron chi connectivity index (χ0n) is 21.3. The number of rotatable bonds is 7. The first kappa shape index (κ1) is 26.3. The van der Waals surface area contributed by atoms with E-state index in [0.717, 1.165) is 5.39 Å². The highest BCUT2D eigenvalue weighted by Crippen LogP contribution is 2.28. The molecule has 4 aromatic carbocycles. The van der Waals surface area contributed by atoms with E-state index in [0.29, 0.717) is 44.3 Å². The maximum atomic E-state index is 13.5. The third kappa shape index (κ3) is 5.70. The van der Waals surface area contributed by atoms with Crippen LogP contribution in [0.25, 0.3) is 33.5 Å². The van der Waals surface area contributed by atoms with Crippen LogP contribution in [0.4, 0.5) is 5.69 Å². The van der Waals surface area contributed by atoms with Gasteiger partial charge in [-0.3, -0.25) is 9.59 Å². The van der Waals surface area contributed by atoms with E-state index in [1.807, 2.05) is 36.4 Å². The van der Waals surface area contributed by atoms with Gasteiger partial charge in [0.05, 0.1) is 22.1 Å². The van der Waals surface area contributed by atoms with Gasteiger partial charge in [0.2, 0.25) is 5.82 Å². The predicted molar refractivity (Wildman–Crippen MR) is 161 cm³/mol. The summed E-state index contributed by atoms with van der Waals surface area (Å²) < 4.78 is 12.8. The molecular formula is C31H20Cl2N4O4. The van der Waals surface area contributed by atoms with Crippen molar-refractivity contribution in [3.8, 4) is 17.3 Å². The predicted octanol–water partition coefficient (Wildman–Crippen LogP) is 7.02. The van der Waals surface area contributed by atoms with E-state index in [4.69, 9.17) is 32.4 Å². The molecule has 6 aromatic rings. The van der Waals surface area contributed by atoms with Gasteiger partial charge in [-0.25, -0.2) is 4.98 Å². The molecule has 1 N–H and O–H groups in total. The fourth-order valence-electron chi connectivity index (χ4n) is 4.19. The Labute approximate surface area is 243 Å². The van der Waals surface area contributed by atoms with E-state index < -0.39 is 0 Å². The number of hydrogen-bond acceptors (Lipinski definition) is 6. The maximum absolute atomic E-state index is 13.5. The first-order chi connectivity index (χ1) is 19.9. The lowest BCUT2D eigenvalue weighted by molar-refractivity contribution is -0.118. The third-order valence-corrected chi connectivity index (χ3v) is 6.71. The second kappa shape index (κ2) is 11.3. The van der Waals surface area contributed by atoms with E-state index in [-0.39, 0.29) is 28.9 Å². The Morgan fingerprint density at radius 1 is 0.976 bits per heavy atom. The van der Waals surface area contributed by atoms with Gasteiger partial charge in [-0.15, -0.1) is 0 Å².